The Kier molecular flexibility index (Phi) is 6.04. The standard InChI is InChI=1S/C21H21BrN2O3S/c22-16-10-17-19(23-18(16)21(25)26)24-20(28-17)15-8-6-14(7-9-15)12-27-11-13-4-2-1-3-5-13/h1-5,10,14-15H,6-9,11-12H2,(H,25,26)/t14-,15-. The minimum absolute atomic E-state index is 0.0172. The molecule has 0 bridgehead atoms. The predicted molar refractivity (Wildman–Crippen MR) is 113 cm³/mol. The van der Waals surface area contributed by atoms with Crippen LogP contribution in [0.15, 0.2) is 40.9 Å². The van der Waals surface area contributed by atoms with Gasteiger partial charge in [0.25, 0.3) is 0 Å². The molecule has 0 radical (unpaired) electrons. The Morgan fingerprint density at radius 2 is 1.93 bits per heavy atom. The lowest BCUT2D eigenvalue weighted by Crippen LogP contribution is -2.17. The number of hydrogen-bond donors (Lipinski definition) is 1. The van der Waals surface area contributed by atoms with Crippen LogP contribution in [-0.2, 0) is 11.3 Å². The number of pyridine rings is 1. The molecule has 5 nitrogen and oxygen atoms in total. The average molecular weight is 461 g/mol. The molecule has 1 aliphatic carbocycles. The molecule has 1 saturated carbocycles. The van der Waals surface area contributed by atoms with Crippen LogP contribution in [0, 0.1) is 5.92 Å². The van der Waals surface area contributed by atoms with Crippen molar-refractivity contribution in [3.05, 3.63) is 57.1 Å². The summed E-state index contributed by atoms with van der Waals surface area (Å²) in [5, 5.41) is 10.3. The van der Waals surface area contributed by atoms with Crippen molar-refractivity contribution in [3.63, 3.8) is 0 Å². The molecule has 1 aromatic carbocycles. The van der Waals surface area contributed by atoms with Crippen molar-refractivity contribution in [2.24, 2.45) is 5.92 Å². The fourth-order valence-electron chi connectivity index (χ4n) is 3.68. The average Bonchev–Trinajstić information content (AvgIpc) is 3.11. The second-order valence-electron chi connectivity index (χ2n) is 7.22. The van der Waals surface area contributed by atoms with E-state index in [4.69, 9.17) is 4.74 Å². The van der Waals surface area contributed by atoms with Crippen LogP contribution in [0.25, 0.3) is 10.3 Å². The summed E-state index contributed by atoms with van der Waals surface area (Å²) < 4.78 is 7.35. The second-order valence-corrected chi connectivity index (χ2v) is 9.13. The molecule has 7 heteroatoms. The number of aromatic carboxylic acids is 1. The Morgan fingerprint density at radius 3 is 2.64 bits per heavy atom. The van der Waals surface area contributed by atoms with E-state index in [1.807, 2.05) is 24.3 Å². The van der Waals surface area contributed by atoms with Gasteiger partial charge in [0.2, 0.25) is 0 Å². The third kappa shape index (κ3) is 4.42. The SMILES string of the molecule is O=C(O)c1nc2nc([C@H]3CC[C@H](COCc4ccccc4)CC3)sc2cc1Br. The molecular formula is C21H21BrN2O3S. The summed E-state index contributed by atoms with van der Waals surface area (Å²) in [4.78, 5) is 20.1. The normalized spacial score (nSPS) is 19.8. The lowest BCUT2D eigenvalue weighted by molar-refractivity contribution is 0.0689. The number of fused-ring (bicyclic) bond motifs is 1. The van der Waals surface area contributed by atoms with Crippen LogP contribution < -0.4 is 0 Å². The number of carboxylic acid groups (broad SMARTS) is 1. The highest BCUT2D eigenvalue weighted by molar-refractivity contribution is 9.10. The zero-order valence-corrected chi connectivity index (χ0v) is 17.7. The Balaban J connectivity index is 1.34. The monoisotopic (exact) mass is 460 g/mol. The van der Waals surface area contributed by atoms with Gasteiger partial charge in [-0.3, -0.25) is 0 Å². The van der Waals surface area contributed by atoms with Crippen LogP contribution in [0.2, 0.25) is 0 Å². The van der Waals surface area contributed by atoms with E-state index in [1.54, 1.807) is 11.3 Å². The molecule has 0 atom stereocenters. The highest BCUT2D eigenvalue weighted by Crippen LogP contribution is 2.39. The van der Waals surface area contributed by atoms with Crippen molar-refractivity contribution < 1.29 is 14.6 Å². The molecule has 1 fully saturated rings. The Morgan fingerprint density at radius 1 is 1.18 bits per heavy atom. The van der Waals surface area contributed by atoms with Gasteiger partial charge in [0.1, 0.15) is 0 Å². The molecule has 3 aromatic rings. The Hall–Kier alpha value is -1.83. The van der Waals surface area contributed by atoms with Gasteiger partial charge in [-0.1, -0.05) is 30.3 Å². The topological polar surface area (TPSA) is 72.3 Å². The molecule has 0 saturated heterocycles. The molecule has 4 rings (SSSR count). The van der Waals surface area contributed by atoms with E-state index in [0.29, 0.717) is 28.6 Å². The van der Waals surface area contributed by atoms with Gasteiger partial charge in [0, 0.05) is 12.5 Å². The first kappa shape index (κ1) is 19.5. The number of nitrogens with zero attached hydrogens (tertiary/aromatic N) is 2. The summed E-state index contributed by atoms with van der Waals surface area (Å²) in [7, 11) is 0. The minimum atomic E-state index is -1.04. The first-order valence-corrected chi connectivity index (χ1v) is 11.0. The molecule has 1 N–H and O–H groups in total. The van der Waals surface area contributed by atoms with Crippen LogP contribution in [0.3, 0.4) is 0 Å². The van der Waals surface area contributed by atoms with Gasteiger partial charge in [-0.15, -0.1) is 11.3 Å². The van der Waals surface area contributed by atoms with E-state index < -0.39 is 5.97 Å². The quantitative estimate of drug-likeness (QED) is 0.514. The van der Waals surface area contributed by atoms with Gasteiger partial charge in [0.15, 0.2) is 11.3 Å². The first-order chi connectivity index (χ1) is 13.6. The van der Waals surface area contributed by atoms with Gasteiger partial charge in [0.05, 0.1) is 20.8 Å². The lowest BCUT2D eigenvalue weighted by atomic mass is 9.83. The number of rotatable bonds is 6. The number of aromatic nitrogens is 2. The number of carboxylic acids is 1. The van der Waals surface area contributed by atoms with E-state index in [-0.39, 0.29) is 5.69 Å². The maximum absolute atomic E-state index is 11.3. The van der Waals surface area contributed by atoms with Crippen molar-refractivity contribution in [3.8, 4) is 0 Å². The minimum Gasteiger partial charge on any atom is -0.476 e. The summed E-state index contributed by atoms with van der Waals surface area (Å²) in [5.41, 5.74) is 1.77. The van der Waals surface area contributed by atoms with Gasteiger partial charge in [-0.05, 0) is 59.2 Å². The summed E-state index contributed by atoms with van der Waals surface area (Å²) in [5.74, 6) is -0.0174. The van der Waals surface area contributed by atoms with E-state index in [1.165, 1.54) is 5.56 Å². The first-order valence-electron chi connectivity index (χ1n) is 9.42. The van der Waals surface area contributed by atoms with E-state index in [9.17, 15) is 9.90 Å². The maximum Gasteiger partial charge on any atom is 0.355 e. The molecule has 28 heavy (non-hydrogen) atoms. The number of thiazole rings is 1. The molecule has 146 valence electrons. The summed E-state index contributed by atoms with van der Waals surface area (Å²) in [6, 6.07) is 12.1. The third-order valence-corrected chi connectivity index (χ3v) is 6.98. The van der Waals surface area contributed by atoms with Crippen molar-refractivity contribution >= 4 is 43.6 Å². The zero-order chi connectivity index (χ0) is 19.5. The Bertz CT molecular complexity index is 968. The smallest absolute Gasteiger partial charge is 0.355 e. The molecular weight excluding hydrogens is 440 g/mol. The molecule has 0 unspecified atom stereocenters. The van der Waals surface area contributed by atoms with Crippen molar-refractivity contribution in [2.75, 3.05) is 6.61 Å². The summed E-state index contributed by atoms with van der Waals surface area (Å²) in [6.07, 6.45) is 4.44. The third-order valence-electron chi connectivity index (χ3n) is 5.22. The van der Waals surface area contributed by atoms with E-state index in [0.717, 1.165) is 42.0 Å². The van der Waals surface area contributed by atoms with Crippen molar-refractivity contribution in [1.29, 1.82) is 0 Å². The lowest BCUT2D eigenvalue weighted by Gasteiger charge is -2.27. The molecule has 1 aliphatic rings. The predicted octanol–water partition coefficient (Wildman–Crippen LogP) is 5.64. The number of benzene rings is 1. The van der Waals surface area contributed by atoms with Crippen LogP contribution in [0.5, 0.6) is 0 Å². The van der Waals surface area contributed by atoms with Gasteiger partial charge in [-0.25, -0.2) is 14.8 Å². The highest BCUT2D eigenvalue weighted by Gasteiger charge is 2.25. The van der Waals surface area contributed by atoms with Crippen LogP contribution in [-0.4, -0.2) is 27.7 Å². The molecule has 0 aliphatic heterocycles. The fourth-order valence-corrected chi connectivity index (χ4v) is 5.43. The second kappa shape index (κ2) is 8.68. The van der Waals surface area contributed by atoms with Gasteiger partial charge < -0.3 is 9.84 Å². The van der Waals surface area contributed by atoms with Crippen LogP contribution >= 0.6 is 27.3 Å². The van der Waals surface area contributed by atoms with E-state index >= 15 is 0 Å². The largest absolute Gasteiger partial charge is 0.476 e. The molecule has 0 amide bonds. The summed E-state index contributed by atoms with van der Waals surface area (Å²) in [6.45, 7) is 1.48. The maximum atomic E-state index is 11.3. The number of halogens is 1. The number of hydrogen-bond acceptors (Lipinski definition) is 5. The molecule has 2 aromatic heterocycles. The van der Waals surface area contributed by atoms with Gasteiger partial charge in [-0.2, -0.15) is 0 Å². The summed E-state index contributed by atoms with van der Waals surface area (Å²) >= 11 is 4.92. The highest BCUT2D eigenvalue weighted by atomic mass is 79.9. The van der Waals surface area contributed by atoms with Crippen LogP contribution in [0.4, 0.5) is 0 Å². The molecule has 2 heterocycles. The van der Waals surface area contributed by atoms with Gasteiger partial charge >= 0.3 is 5.97 Å². The van der Waals surface area contributed by atoms with E-state index in [2.05, 4.69) is 38.0 Å². The number of carbonyl (C=O) groups is 1. The number of ether oxygens (including phenoxy) is 1. The zero-order valence-electron chi connectivity index (χ0n) is 15.3. The fraction of sp³-hybridized carbons (Fsp3) is 0.381. The van der Waals surface area contributed by atoms with Crippen molar-refractivity contribution in [2.45, 2.75) is 38.2 Å². The molecule has 0 spiro atoms. The Labute approximate surface area is 175 Å². The van der Waals surface area contributed by atoms with Crippen LogP contribution in [0.1, 0.15) is 52.7 Å². The van der Waals surface area contributed by atoms with Crippen molar-refractivity contribution in [1.82, 2.24) is 9.97 Å².